The summed E-state index contributed by atoms with van der Waals surface area (Å²) in [6.45, 7) is 10.3. The third-order valence-electron chi connectivity index (χ3n) is 6.69. The van der Waals surface area contributed by atoms with Gasteiger partial charge < -0.3 is 14.6 Å². The van der Waals surface area contributed by atoms with Crippen molar-refractivity contribution in [3.05, 3.63) is 81.4 Å². The molecule has 0 spiro atoms. The van der Waals surface area contributed by atoms with Gasteiger partial charge in [0, 0.05) is 5.56 Å². The topological polar surface area (TPSA) is 106 Å². The molecule has 1 aliphatic rings. The number of esters is 1. The number of ether oxygens (including phenoxy) is 2. The van der Waals surface area contributed by atoms with Crippen molar-refractivity contribution in [3.8, 4) is 5.75 Å². The number of Topliss-reactive ketones (excluding diaryl/α,β-unsaturated/α-hetero) is 1. The molecule has 1 amide bonds. The van der Waals surface area contributed by atoms with Crippen LogP contribution < -0.4 is 9.64 Å². The van der Waals surface area contributed by atoms with E-state index in [-0.39, 0.29) is 33.9 Å². The molecule has 4 rings (SSSR count). The summed E-state index contributed by atoms with van der Waals surface area (Å²) in [6, 6.07) is 13.5. The summed E-state index contributed by atoms with van der Waals surface area (Å²) in [6.07, 6.45) is 1.86. The number of carbonyl (C=O) groups excluding carboxylic acids is 3. The van der Waals surface area contributed by atoms with Crippen LogP contribution in [0.1, 0.15) is 84.6 Å². The maximum Gasteiger partial charge on any atom is 0.350 e. The monoisotopic (exact) mass is 562 g/mol. The predicted octanol–water partition coefficient (Wildman–Crippen LogP) is 6.56. The predicted molar refractivity (Wildman–Crippen MR) is 155 cm³/mol. The number of anilines is 1. The number of aryl methyl sites for hydroxylation is 1. The lowest BCUT2D eigenvalue weighted by Crippen LogP contribution is -2.29. The van der Waals surface area contributed by atoms with Crippen LogP contribution in [0.4, 0.5) is 5.13 Å². The molecular formula is C31H34N2O6S. The molecular weight excluding hydrogens is 528 g/mol. The molecule has 0 saturated carbocycles. The average Bonchev–Trinajstić information content (AvgIpc) is 3.45. The van der Waals surface area contributed by atoms with Gasteiger partial charge in [0.05, 0.1) is 30.5 Å². The molecule has 1 unspecified atom stereocenters. The van der Waals surface area contributed by atoms with Crippen molar-refractivity contribution in [2.75, 3.05) is 18.1 Å². The van der Waals surface area contributed by atoms with Crippen molar-refractivity contribution >= 4 is 39.9 Å². The van der Waals surface area contributed by atoms with Crippen LogP contribution in [0.2, 0.25) is 0 Å². The number of aliphatic hydroxyl groups is 1. The van der Waals surface area contributed by atoms with Crippen LogP contribution >= 0.6 is 11.3 Å². The Morgan fingerprint density at radius 3 is 2.50 bits per heavy atom. The third kappa shape index (κ3) is 5.79. The lowest BCUT2D eigenvalue weighted by molar-refractivity contribution is -0.132. The Hall–Kier alpha value is -3.98. The number of benzene rings is 2. The molecule has 1 N–H and O–H groups in total. The first kappa shape index (κ1) is 29.0. The minimum absolute atomic E-state index is 0.0569. The molecule has 2 aromatic carbocycles. The van der Waals surface area contributed by atoms with Crippen molar-refractivity contribution in [1.82, 2.24) is 4.98 Å². The van der Waals surface area contributed by atoms with Crippen molar-refractivity contribution in [3.63, 3.8) is 0 Å². The molecule has 40 heavy (non-hydrogen) atoms. The zero-order chi connectivity index (χ0) is 29.0. The van der Waals surface area contributed by atoms with Gasteiger partial charge in [-0.15, -0.1) is 0 Å². The van der Waals surface area contributed by atoms with E-state index < -0.39 is 23.7 Å². The molecule has 1 aromatic heterocycles. The van der Waals surface area contributed by atoms with E-state index in [1.807, 2.05) is 24.3 Å². The van der Waals surface area contributed by atoms with Crippen molar-refractivity contribution in [2.24, 2.45) is 0 Å². The van der Waals surface area contributed by atoms with Crippen LogP contribution in [0.5, 0.6) is 5.75 Å². The van der Waals surface area contributed by atoms with Crippen LogP contribution in [0.25, 0.3) is 5.76 Å². The van der Waals surface area contributed by atoms with Gasteiger partial charge >= 0.3 is 11.9 Å². The summed E-state index contributed by atoms with van der Waals surface area (Å²) in [5.74, 6) is -1.68. The summed E-state index contributed by atoms with van der Waals surface area (Å²) in [7, 11) is 0. The highest BCUT2D eigenvalue weighted by Gasteiger charge is 2.48. The van der Waals surface area contributed by atoms with E-state index >= 15 is 0 Å². The Labute approximate surface area is 238 Å². The second kappa shape index (κ2) is 12.5. The Balaban J connectivity index is 1.85. The van der Waals surface area contributed by atoms with Gasteiger partial charge in [0.25, 0.3) is 5.78 Å². The highest BCUT2D eigenvalue weighted by molar-refractivity contribution is 7.17. The number of hydrogen-bond acceptors (Lipinski definition) is 8. The summed E-state index contributed by atoms with van der Waals surface area (Å²) < 4.78 is 10.9. The number of nitrogens with zero attached hydrogens (tertiary/aromatic N) is 2. The zero-order valence-electron chi connectivity index (χ0n) is 23.4. The fourth-order valence-corrected chi connectivity index (χ4v) is 5.49. The third-order valence-corrected chi connectivity index (χ3v) is 7.83. The molecule has 2 heterocycles. The van der Waals surface area contributed by atoms with Gasteiger partial charge in [-0.1, -0.05) is 74.9 Å². The summed E-state index contributed by atoms with van der Waals surface area (Å²) >= 11 is 0.983. The zero-order valence-corrected chi connectivity index (χ0v) is 24.2. The molecule has 1 atom stereocenters. The van der Waals surface area contributed by atoms with Crippen molar-refractivity contribution in [2.45, 2.75) is 59.4 Å². The van der Waals surface area contributed by atoms with E-state index in [1.165, 1.54) is 4.90 Å². The number of aromatic nitrogens is 1. The maximum absolute atomic E-state index is 13.5. The average molecular weight is 563 g/mol. The fraction of sp³-hybridized carbons (Fsp3) is 0.355. The van der Waals surface area contributed by atoms with Gasteiger partial charge in [0.15, 0.2) is 5.13 Å². The summed E-state index contributed by atoms with van der Waals surface area (Å²) in [4.78, 5) is 45.5. The van der Waals surface area contributed by atoms with Crippen LogP contribution in [0.3, 0.4) is 0 Å². The van der Waals surface area contributed by atoms with Gasteiger partial charge in [-0.25, -0.2) is 9.78 Å². The Morgan fingerprint density at radius 2 is 1.85 bits per heavy atom. The van der Waals surface area contributed by atoms with Gasteiger partial charge in [0.2, 0.25) is 0 Å². The van der Waals surface area contributed by atoms with Crippen LogP contribution in [-0.4, -0.2) is 41.0 Å². The Bertz CT molecular complexity index is 1440. The van der Waals surface area contributed by atoms with E-state index in [2.05, 4.69) is 25.8 Å². The highest BCUT2D eigenvalue weighted by Crippen LogP contribution is 2.44. The quantitative estimate of drug-likeness (QED) is 0.0981. The summed E-state index contributed by atoms with van der Waals surface area (Å²) in [5.41, 5.74) is 2.42. The van der Waals surface area contributed by atoms with Gasteiger partial charge in [-0.3, -0.25) is 14.5 Å². The van der Waals surface area contributed by atoms with Gasteiger partial charge in [-0.05, 0) is 49.4 Å². The van der Waals surface area contributed by atoms with E-state index in [4.69, 9.17) is 9.47 Å². The number of unbranched alkanes of at least 4 members (excludes halogenated alkanes) is 1. The van der Waals surface area contributed by atoms with Crippen molar-refractivity contribution < 1.29 is 29.0 Å². The first-order valence-electron chi connectivity index (χ1n) is 13.5. The van der Waals surface area contributed by atoms with E-state index in [0.717, 1.165) is 29.7 Å². The number of rotatable bonds is 10. The molecule has 0 radical (unpaired) electrons. The largest absolute Gasteiger partial charge is 0.507 e. The highest BCUT2D eigenvalue weighted by atomic mass is 32.1. The Kier molecular flexibility index (Phi) is 9.04. The molecule has 0 bridgehead atoms. The number of thiazole rings is 1. The minimum atomic E-state index is -0.952. The lowest BCUT2D eigenvalue weighted by atomic mass is 9.93. The maximum atomic E-state index is 13.5. The smallest absolute Gasteiger partial charge is 0.350 e. The molecule has 9 heteroatoms. The van der Waals surface area contributed by atoms with E-state index in [9.17, 15) is 19.5 Å². The first-order chi connectivity index (χ1) is 19.2. The molecule has 3 aromatic rings. The minimum Gasteiger partial charge on any atom is -0.507 e. The molecule has 0 aliphatic carbocycles. The molecule has 8 nitrogen and oxygen atoms in total. The van der Waals surface area contributed by atoms with Crippen LogP contribution in [-0.2, 0) is 14.3 Å². The number of ketones is 1. The lowest BCUT2D eigenvalue weighted by Gasteiger charge is -2.23. The number of carbonyl (C=O) groups is 3. The number of hydrogen-bond donors (Lipinski definition) is 1. The van der Waals surface area contributed by atoms with E-state index in [1.54, 1.807) is 38.1 Å². The van der Waals surface area contributed by atoms with Crippen LogP contribution in [0.15, 0.2) is 54.1 Å². The second-order valence-corrected chi connectivity index (χ2v) is 10.8. The molecule has 1 aliphatic heterocycles. The second-order valence-electron chi connectivity index (χ2n) is 9.85. The molecule has 1 saturated heterocycles. The first-order valence-corrected chi connectivity index (χ1v) is 14.3. The standard InChI is InChI=1S/C31H34N2O6S/c1-6-8-16-39-23-11-9-10-22(17-23)26(34)24-25(21-14-12-20(13-15-21)18(3)4)33(29(36)27(24)35)31-32-19(5)28(40-31)30(37)38-7-2/h9-15,17-18,25,34H,6-8,16H2,1-5H3/b26-24+. The van der Waals surface area contributed by atoms with Gasteiger partial charge in [0.1, 0.15) is 16.4 Å². The fourth-order valence-electron chi connectivity index (χ4n) is 4.50. The van der Waals surface area contributed by atoms with E-state index in [0.29, 0.717) is 29.2 Å². The molecule has 210 valence electrons. The normalized spacial score (nSPS) is 16.6. The number of amides is 1. The molecule has 1 fully saturated rings. The van der Waals surface area contributed by atoms with Crippen LogP contribution in [0, 0.1) is 6.92 Å². The van der Waals surface area contributed by atoms with Gasteiger partial charge in [-0.2, -0.15) is 0 Å². The van der Waals surface area contributed by atoms with Crippen molar-refractivity contribution in [1.29, 1.82) is 0 Å². The Morgan fingerprint density at radius 1 is 1.12 bits per heavy atom. The summed E-state index contributed by atoms with van der Waals surface area (Å²) in [5, 5.41) is 11.7. The SMILES string of the molecule is CCCCOc1cccc(/C(O)=C2\C(=O)C(=O)N(c3nc(C)c(C(=O)OCC)s3)C2c2ccc(C(C)C)cc2)c1. The number of aliphatic hydroxyl groups excluding tert-OH is 1.